The van der Waals surface area contributed by atoms with Crippen LogP contribution in [0.1, 0.15) is 50.6 Å². The second-order valence-corrected chi connectivity index (χ2v) is 5.77. The summed E-state index contributed by atoms with van der Waals surface area (Å²) < 4.78 is 7.39. The van der Waals surface area contributed by atoms with Crippen LogP contribution in [0.5, 0.6) is 0 Å². The Kier molecular flexibility index (Phi) is 10.9. The second-order valence-electron chi connectivity index (χ2n) is 5.77. The lowest BCUT2D eigenvalue weighted by atomic mass is 10.1. The average molecular weight is 475 g/mol. The Balaban J connectivity index is 0.00000338. The van der Waals surface area contributed by atoms with Crippen molar-refractivity contribution in [3.05, 3.63) is 29.7 Å². The lowest BCUT2D eigenvalue weighted by molar-refractivity contribution is 0.380. The number of aliphatic imine (C=N–C) groups is 1. The number of aromatic nitrogens is 4. The van der Waals surface area contributed by atoms with Crippen molar-refractivity contribution in [1.82, 2.24) is 30.6 Å². The molecule has 0 unspecified atom stereocenters. The topological polar surface area (TPSA) is 93.2 Å². The summed E-state index contributed by atoms with van der Waals surface area (Å²) in [6, 6.07) is 0. The van der Waals surface area contributed by atoms with Crippen molar-refractivity contribution in [2.45, 2.75) is 59.5 Å². The largest absolute Gasteiger partial charge is 0.361 e. The molecular formula is C17H30IN7O. The molecule has 2 heterocycles. The number of unbranched alkanes of at least 4 members (excludes halogenated alkanes) is 1. The zero-order valence-electron chi connectivity index (χ0n) is 15.9. The van der Waals surface area contributed by atoms with Gasteiger partial charge in [-0.05, 0) is 26.2 Å². The van der Waals surface area contributed by atoms with E-state index in [0.29, 0.717) is 6.54 Å². The second kappa shape index (κ2) is 12.7. The molecule has 2 rings (SSSR count). The van der Waals surface area contributed by atoms with Crippen molar-refractivity contribution in [2.75, 3.05) is 13.1 Å². The molecule has 0 saturated heterocycles. The fraction of sp³-hybridized carbons (Fsp3) is 0.647. The molecular weight excluding hydrogens is 445 g/mol. The molecule has 146 valence electrons. The number of nitrogens with one attached hydrogen (secondary N) is 2. The van der Waals surface area contributed by atoms with Gasteiger partial charge in [0.15, 0.2) is 5.96 Å². The number of aryl methyl sites for hydroxylation is 3. The number of hydrogen-bond acceptors (Lipinski definition) is 5. The zero-order valence-corrected chi connectivity index (χ0v) is 18.2. The minimum absolute atomic E-state index is 0. The fourth-order valence-corrected chi connectivity index (χ4v) is 2.58. The Bertz CT molecular complexity index is 618. The van der Waals surface area contributed by atoms with Gasteiger partial charge in [0.1, 0.15) is 18.4 Å². The lowest BCUT2D eigenvalue weighted by Crippen LogP contribution is -2.37. The number of hydrogen-bond donors (Lipinski definition) is 2. The first-order valence-corrected chi connectivity index (χ1v) is 9.09. The number of rotatable bonds is 10. The third-order valence-corrected chi connectivity index (χ3v) is 3.95. The van der Waals surface area contributed by atoms with Gasteiger partial charge >= 0.3 is 0 Å². The zero-order chi connectivity index (χ0) is 17.9. The Hall–Kier alpha value is -1.65. The van der Waals surface area contributed by atoms with Gasteiger partial charge in [0.05, 0.1) is 12.2 Å². The fourth-order valence-electron chi connectivity index (χ4n) is 2.58. The Labute approximate surface area is 172 Å². The van der Waals surface area contributed by atoms with Crippen LogP contribution in [0.25, 0.3) is 0 Å². The number of halogens is 1. The van der Waals surface area contributed by atoms with Crippen LogP contribution in [-0.4, -0.2) is 39.0 Å². The molecule has 0 radical (unpaired) electrons. The predicted molar refractivity (Wildman–Crippen MR) is 113 cm³/mol. The molecule has 9 heteroatoms. The van der Waals surface area contributed by atoms with Gasteiger partial charge in [0.2, 0.25) is 0 Å². The van der Waals surface area contributed by atoms with Crippen LogP contribution in [0.2, 0.25) is 0 Å². The van der Waals surface area contributed by atoms with Gasteiger partial charge < -0.3 is 19.7 Å². The van der Waals surface area contributed by atoms with Crippen LogP contribution in [0.4, 0.5) is 0 Å². The van der Waals surface area contributed by atoms with Crippen molar-refractivity contribution in [3.63, 3.8) is 0 Å². The van der Waals surface area contributed by atoms with E-state index in [-0.39, 0.29) is 24.0 Å². The molecule has 0 saturated carbocycles. The SMILES string of the molecule is CCNC(=NCc1c(CC)noc1CC)NCCCCn1cnnc1.I. The summed E-state index contributed by atoms with van der Waals surface area (Å²) in [6.07, 6.45) is 7.31. The van der Waals surface area contributed by atoms with Crippen molar-refractivity contribution in [2.24, 2.45) is 4.99 Å². The van der Waals surface area contributed by atoms with Crippen LogP contribution < -0.4 is 10.6 Å². The lowest BCUT2D eigenvalue weighted by Gasteiger charge is -2.11. The number of guanidine groups is 1. The predicted octanol–water partition coefficient (Wildman–Crippen LogP) is 2.54. The monoisotopic (exact) mass is 475 g/mol. The normalized spacial score (nSPS) is 11.3. The van der Waals surface area contributed by atoms with Gasteiger partial charge in [0.25, 0.3) is 0 Å². The molecule has 0 bridgehead atoms. The van der Waals surface area contributed by atoms with E-state index in [1.807, 2.05) is 4.57 Å². The first-order valence-electron chi connectivity index (χ1n) is 9.09. The van der Waals surface area contributed by atoms with Crippen molar-refractivity contribution in [1.29, 1.82) is 0 Å². The summed E-state index contributed by atoms with van der Waals surface area (Å²) in [5.41, 5.74) is 2.13. The summed E-state index contributed by atoms with van der Waals surface area (Å²) in [4.78, 5) is 4.69. The van der Waals surface area contributed by atoms with E-state index in [1.165, 1.54) is 0 Å². The van der Waals surface area contributed by atoms with Gasteiger partial charge in [-0.1, -0.05) is 19.0 Å². The standard InChI is InChI=1S/C17H29N7O.HI/c1-4-15-14(16(5-2)25-23-15)11-20-17(18-6-3)19-9-7-8-10-24-12-21-22-13-24;/h12-13H,4-11H2,1-3H3,(H2,18,19,20);1H. The molecule has 0 aromatic carbocycles. The molecule has 2 N–H and O–H groups in total. The highest BCUT2D eigenvalue weighted by Crippen LogP contribution is 2.16. The van der Waals surface area contributed by atoms with E-state index in [0.717, 1.165) is 68.3 Å². The van der Waals surface area contributed by atoms with Crippen LogP contribution >= 0.6 is 24.0 Å². The molecule has 8 nitrogen and oxygen atoms in total. The molecule has 0 aliphatic heterocycles. The first kappa shape index (κ1) is 22.4. The Morgan fingerprint density at radius 1 is 1.12 bits per heavy atom. The maximum Gasteiger partial charge on any atom is 0.191 e. The molecule has 0 aliphatic rings. The Morgan fingerprint density at radius 2 is 1.88 bits per heavy atom. The van der Waals surface area contributed by atoms with Crippen molar-refractivity contribution in [3.8, 4) is 0 Å². The highest BCUT2D eigenvalue weighted by molar-refractivity contribution is 14.0. The van der Waals surface area contributed by atoms with Gasteiger partial charge in [-0.25, -0.2) is 4.99 Å². The molecule has 0 fully saturated rings. The van der Waals surface area contributed by atoms with Crippen LogP contribution in [0.15, 0.2) is 22.2 Å². The third-order valence-electron chi connectivity index (χ3n) is 3.95. The maximum absolute atomic E-state index is 5.40. The third kappa shape index (κ3) is 6.93. The molecule has 0 amide bonds. The minimum atomic E-state index is 0. The van der Waals surface area contributed by atoms with E-state index in [2.05, 4.69) is 51.8 Å². The smallest absolute Gasteiger partial charge is 0.191 e. The van der Waals surface area contributed by atoms with Crippen molar-refractivity contribution < 1.29 is 4.52 Å². The van der Waals surface area contributed by atoms with Crippen LogP contribution in [0.3, 0.4) is 0 Å². The van der Waals surface area contributed by atoms with E-state index in [4.69, 9.17) is 4.52 Å². The highest BCUT2D eigenvalue weighted by Gasteiger charge is 2.12. The molecule has 2 aromatic rings. The van der Waals surface area contributed by atoms with Gasteiger partial charge in [-0.15, -0.1) is 34.2 Å². The molecule has 0 spiro atoms. The van der Waals surface area contributed by atoms with Crippen molar-refractivity contribution >= 4 is 29.9 Å². The van der Waals surface area contributed by atoms with Gasteiger partial charge in [-0.3, -0.25) is 0 Å². The summed E-state index contributed by atoms with van der Waals surface area (Å²) in [7, 11) is 0. The average Bonchev–Trinajstić information content (AvgIpc) is 3.28. The molecule has 0 atom stereocenters. The molecule has 26 heavy (non-hydrogen) atoms. The Morgan fingerprint density at radius 3 is 2.54 bits per heavy atom. The molecule has 2 aromatic heterocycles. The van der Waals surface area contributed by atoms with E-state index >= 15 is 0 Å². The van der Waals surface area contributed by atoms with E-state index in [1.54, 1.807) is 12.7 Å². The van der Waals surface area contributed by atoms with E-state index < -0.39 is 0 Å². The van der Waals surface area contributed by atoms with Gasteiger partial charge in [-0.2, -0.15) is 0 Å². The summed E-state index contributed by atoms with van der Waals surface area (Å²) in [5.74, 6) is 1.77. The van der Waals surface area contributed by atoms with Crippen LogP contribution in [-0.2, 0) is 25.9 Å². The number of nitrogens with zero attached hydrogens (tertiary/aromatic N) is 5. The first-order chi connectivity index (χ1) is 12.3. The summed E-state index contributed by atoms with van der Waals surface area (Å²) in [5, 5.41) is 18.4. The van der Waals surface area contributed by atoms with E-state index in [9.17, 15) is 0 Å². The summed E-state index contributed by atoms with van der Waals surface area (Å²) in [6.45, 7) is 9.46. The minimum Gasteiger partial charge on any atom is -0.361 e. The quantitative estimate of drug-likeness (QED) is 0.238. The highest BCUT2D eigenvalue weighted by atomic mass is 127. The van der Waals surface area contributed by atoms with Gasteiger partial charge in [0, 0.05) is 31.6 Å². The van der Waals surface area contributed by atoms with Crippen LogP contribution in [0, 0.1) is 0 Å². The maximum atomic E-state index is 5.40. The summed E-state index contributed by atoms with van der Waals surface area (Å²) >= 11 is 0. The molecule has 0 aliphatic carbocycles.